The zero-order chi connectivity index (χ0) is 13.1. The first-order valence-electron chi connectivity index (χ1n) is 5.23. The van der Waals surface area contributed by atoms with Crippen molar-refractivity contribution in [3.05, 3.63) is 23.9 Å². The molecule has 0 radical (unpaired) electrons. The first kappa shape index (κ1) is 13.8. The highest BCUT2D eigenvalue weighted by atomic mass is 19.4. The second-order valence-corrected chi connectivity index (χ2v) is 4.63. The van der Waals surface area contributed by atoms with E-state index in [1.165, 1.54) is 12.1 Å². The molecule has 0 spiro atoms. The lowest BCUT2D eigenvalue weighted by Crippen LogP contribution is -2.31. The van der Waals surface area contributed by atoms with Gasteiger partial charge in [0, 0.05) is 6.54 Å². The number of hydrogen-bond donors (Lipinski definition) is 2. The first-order valence-corrected chi connectivity index (χ1v) is 5.23. The number of nitrogens with two attached hydrogens (primary N) is 1. The van der Waals surface area contributed by atoms with E-state index in [9.17, 15) is 13.2 Å². The molecule has 0 aliphatic rings. The number of aromatic nitrogens is 1. The third-order valence-electron chi connectivity index (χ3n) is 2.34. The number of pyridine rings is 1. The van der Waals surface area contributed by atoms with Crippen LogP contribution in [0, 0.1) is 5.41 Å². The van der Waals surface area contributed by atoms with E-state index in [0.29, 0.717) is 13.1 Å². The zero-order valence-corrected chi connectivity index (χ0v) is 9.80. The molecule has 6 heteroatoms. The van der Waals surface area contributed by atoms with E-state index in [1.54, 1.807) is 0 Å². The number of nitrogens with zero attached hydrogens (tertiary/aromatic N) is 1. The topological polar surface area (TPSA) is 50.9 Å². The summed E-state index contributed by atoms with van der Waals surface area (Å²) >= 11 is 0. The van der Waals surface area contributed by atoms with Gasteiger partial charge in [0.15, 0.2) is 0 Å². The molecule has 0 amide bonds. The molecular formula is C11H16F3N3. The summed E-state index contributed by atoms with van der Waals surface area (Å²) in [5.74, 6) is 0.210. The van der Waals surface area contributed by atoms with Crippen molar-refractivity contribution in [3.8, 4) is 0 Å². The van der Waals surface area contributed by atoms with Crippen LogP contribution in [-0.2, 0) is 6.18 Å². The highest BCUT2D eigenvalue weighted by Gasteiger charge is 2.32. The summed E-state index contributed by atoms with van der Waals surface area (Å²) in [5.41, 5.74) is 4.45. The van der Waals surface area contributed by atoms with Gasteiger partial charge in [-0.25, -0.2) is 4.98 Å². The number of rotatable bonds is 4. The fourth-order valence-corrected chi connectivity index (χ4v) is 1.09. The lowest BCUT2D eigenvalue weighted by Gasteiger charge is -2.23. The molecule has 0 saturated heterocycles. The van der Waals surface area contributed by atoms with Crippen LogP contribution in [0.1, 0.15) is 19.5 Å². The largest absolute Gasteiger partial charge is 0.433 e. The SMILES string of the molecule is CC(C)(CN)CNc1cccc(C(F)(F)F)n1. The van der Waals surface area contributed by atoms with Gasteiger partial charge in [-0.15, -0.1) is 0 Å². The third kappa shape index (κ3) is 4.22. The van der Waals surface area contributed by atoms with Crippen LogP contribution in [0.5, 0.6) is 0 Å². The highest BCUT2D eigenvalue weighted by Crippen LogP contribution is 2.28. The van der Waals surface area contributed by atoms with Crippen LogP contribution in [0.15, 0.2) is 18.2 Å². The fourth-order valence-electron chi connectivity index (χ4n) is 1.09. The molecule has 0 fully saturated rings. The minimum Gasteiger partial charge on any atom is -0.369 e. The lowest BCUT2D eigenvalue weighted by atomic mass is 9.94. The Kier molecular flexibility index (Phi) is 3.98. The Labute approximate surface area is 98.2 Å². The van der Waals surface area contributed by atoms with E-state index in [-0.39, 0.29) is 11.2 Å². The van der Waals surface area contributed by atoms with Gasteiger partial charge >= 0.3 is 6.18 Å². The van der Waals surface area contributed by atoms with Gasteiger partial charge < -0.3 is 11.1 Å². The zero-order valence-electron chi connectivity index (χ0n) is 9.80. The van der Waals surface area contributed by atoms with E-state index in [1.807, 2.05) is 13.8 Å². The number of hydrogen-bond acceptors (Lipinski definition) is 3. The van der Waals surface area contributed by atoms with Crippen molar-refractivity contribution in [1.29, 1.82) is 0 Å². The van der Waals surface area contributed by atoms with Crippen molar-refractivity contribution in [2.75, 3.05) is 18.4 Å². The van der Waals surface area contributed by atoms with Crippen molar-refractivity contribution in [1.82, 2.24) is 4.98 Å². The summed E-state index contributed by atoms with van der Waals surface area (Å²) in [5, 5.41) is 2.86. The number of anilines is 1. The smallest absolute Gasteiger partial charge is 0.369 e. The maximum Gasteiger partial charge on any atom is 0.433 e. The van der Waals surface area contributed by atoms with Gasteiger partial charge in [-0.2, -0.15) is 13.2 Å². The summed E-state index contributed by atoms with van der Waals surface area (Å²) in [4.78, 5) is 3.50. The third-order valence-corrected chi connectivity index (χ3v) is 2.34. The van der Waals surface area contributed by atoms with Gasteiger partial charge in [0.2, 0.25) is 0 Å². The Morgan fingerprint density at radius 1 is 1.29 bits per heavy atom. The summed E-state index contributed by atoms with van der Waals surface area (Å²) in [6, 6.07) is 3.77. The summed E-state index contributed by atoms with van der Waals surface area (Å²) < 4.78 is 37.2. The molecular weight excluding hydrogens is 231 g/mol. The quantitative estimate of drug-likeness (QED) is 0.859. The Balaban J connectivity index is 2.74. The van der Waals surface area contributed by atoms with Gasteiger partial charge in [-0.05, 0) is 24.1 Å². The minimum absolute atomic E-state index is 0.185. The monoisotopic (exact) mass is 247 g/mol. The van der Waals surface area contributed by atoms with Crippen molar-refractivity contribution in [2.45, 2.75) is 20.0 Å². The van der Waals surface area contributed by atoms with Crippen LogP contribution in [0.25, 0.3) is 0 Å². The fraction of sp³-hybridized carbons (Fsp3) is 0.545. The van der Waals surface area contributed by atoms with Gasteiger partial charge in [0.1, 0.15) is 11.5 Å². The number of halogens is 3. The van der Waals surface area contributed by atoms with Crippen molar-refractivity contribution >= 4 is 5.82 Å². The molecule has 1 aromatic heterocycles. The Hall–Kier alpha value is -1.30. The maximum atomic E-state index is 12.4. The van der Waals surface area contributed by atoms with E-state index in [4.69, 9.17) is 5.73 Å². The molecule has 3 nitrogen and oxygen atoms in total. The molecule has 0 atom stereocenters. The molecule has 0 unspecified atom stereocenters. The average molecular weight is 247 g/mol. The highest BCUT2D eigenvalue weighted by molar-refractivity contribution is 5.36. The first-order chi connectivity index (χ1) is 7.74. The molecule has 1 rings (SSSR count). The molecule has 3 N–H and O–H groups in total. The maximum absolute atomic E-state index is 12.4. The van der Waals surface area contributed by atoms with E-state index >= 15 is 0 Å². The Morgan fingerprint density at radius 3 is 2.47 bits per heavy atom. The molecule has 1 aromatic rings. The molecule has 0 bridgehead atoms. The molecule has 17 heavy (non-hydrogen) atoms. The van der Waals surface area contributed by atoms with Crippen LogP contribution < -0.4 is 11.1 Å². The van der Waals surface area contributed by atoms with E-state index < -0.39 is 11.9 Å². The predicted molar refractivity (Wildman–Crippen MR) is 60.6 cm³/mol. The average Bonchev–Trinajstić information content (AvgIpc) is 2.26. The van der Waals surface area contributed by atoms with Crippen molar-refractivity contribution < 1.29 is 13.2 Å². The summed E-state index contributed by atoms with van der Waals surface area (Å²) in [7, 11) is 0. The van der Waals surface area contributed by atoms with Gasteiger partial charge in [0.05, 0.1) is 0 Å². The van der Waals surface area contributed by atoms with Crippen LogP contribution in [0.3, 0.4) is 0 Å². The predicted octanol–water partition coefficient (Wildman–Crippen LogP) is 2.50. The molecule has 0 aliphatic heterocycles. The summed E-state index contributed by atoms with van der Waals surface area (Å²) in [6.07, 6.45) is -4.42. The Morgan fingerprint density at radius 2 is 1.94 bits per heavy atom. The van der Waals surface area contributed by atoms with Crippen LogP contribution in [-0.4, -0.2) is 18.1 Å². The molecule has 96 valence electrons. The van der Waals surface area contributed by atoms with Crippen molar-refractivity contribution in [2.24, 2.45) is 11.1 Å². The van der Waals surface area contributed by atoms with Crippen molar-refractivity contribution in [3.63, 3.8) is 0 Å². The minimum atomic E-state index is -4.42. The normalized spacial score (nSPS) is 12.6. The second kappa shape index (κ2) is 4.91. The number of alkyl halides is 3. The van der Waals surface area contributed by atoms with Gasteiger partial charge in [-0.1, -0.05) is 19.9 Å². The molecule has 0 aliphatic carbocycles. The molecule has 0 saturated carbocycles. The van der Waals surface area contributed by atoms with Crippen LogP contribution in [0.2, 0.25) is 0 Å². The van der Waals surface area contributed by atoms with Crippen LogP contribution in [0.4, 0.5) is 19.0 Å². The standard InChI is InChI=1S/C11H16F3N3/c1-10(2,6-15)7-16-9-5-3-4-8(17-9)11(12,13)14/h3-5H,6-7,15H2,1-2H3,(H,16,17). The van der Waals surface area contributed by atoms with Gasteiger partial charge in [0.25, 0.3) is 0 Å². The van der Waals surface area contributed by atoms with E-state index in [2.05, 4.69) is 10.3 Å². The summed E-state index contributed by atoms with van der Waals surface area (Å²) in [6.45, 7) is 4.76. The Bertz CT molecular complexity index is 374. The van der Waals surface area contributed by atoms with Crippen LogP contribution >= 0.6 is 0 Å². The molecule has 0 aromatic carbocycles. The lowest BCUT2D eigenvalue weighted by molar-refractivity contribution is -0.141. The van der Waals surface area contributed by atoms with Gasteiger partial charge in [-0.3, -0.25) is 0 Å². The second-order valence-electron chi connectivity index (χ2n) is 4.63. The van der Waals surface area contributed by atoms with E-state index in [0.717, 1.165) is 6.07 Å². The molecule has 1 heterocycles. The number of nitrogens with one attached hydrogen (secondary N) is 1.